The highest BCUT2D eigenvalue weighted by Crippen LogP contribution is 2.45. The summed E-state index contributed by atoms with van der Waals surface area (Å²) in [4.78, 5) is 65.1. The predicted octanol–water partition coefficient (Wildman–Crippen LogP) is 5.51. The Morgan fingerprint density at radius 2 is 1.53 bits per heavy atom. The lowest BCUT2D eigenvalue weighted by atomic mass is 9.73. The zero-order valence-corrected chi connectivity index (χ0v) is 24.0. The van der Waals surface area contributed by atoms with Gasteiger partial charge in [0.15, 0.2) is 6.61 Å². The van der Waals surface area contributed by atoms with Crippen molar-refractivity contribution in [1.29, 1.82) is 0 Å². The molecule has 9 heteroatoms. The fraction of sp³-hybridized carbons (Fsp3) is 0.324. The third-order valence-electron chi connectivity index (χ3n) is 8.01. The molecule has 1 N–H and O–H groups in total. The van der Waals surface area contributed by atoms with Crippen LogP contribution in [0.3, 0.4) is 0 Å². The first-order valence-electron chi connectivity index (χ1n) is 14.6. The van der Waals surface area contributed by atoms with Gasteiger partial charge in [-0.15, -0.1) is 0 Å². The smallest absolute Gasteiger partial charge is 0.338 e. The van der Waals surface area contributed by atoms with E-state index >= 15 is 0 Å². The summed E-state index contributed by atoms with van der Waals surface area (Å²) < 4.78 is 10.4. The normalized spacial score (nSPS) is 19.5. The first-order chi connectivity index (χ1) is 20.9. The Kier molecular flexibility index (Phi) is 9.29. The molecule has 1 saturated heterocycles. The maximum Gasteiger partial charge on any atom is 0.338 e. The molecule has 3 atom stereocenters. The monoisotopic (exact) mass is 582 g/mol. The largest absolute Gasteiger partial charge is 0.462 e. The van der Waals surface area contributed by atoms with Crippen LogP contribution in [0.15, 0.2) is 78.9 Å². The summed E-state index contributed by atoms with van der Waals surface area (Å²) in [5, 5.41) is 2.61. The van der Waals surface area contributed by atoms with Crippen molar-refractivity contribution in [3.05, 3.63) is 95.6 Å². The first-order valence-corrected chi connectivity index (χ1v) is 14.6. The summed E-state index contributed by atoms with van der Waals surface area (Å²) in [6, 6.07) is 22.4. The van der Waals surface area contributed by atoms with E-state index in [0.717, 1.165) is 19.3 Å². The number of ether oxygens (including phenoxy) is 2. The molecule has 43 heavy (non-hydrogen) atoms. The van der Waals surface area contributed by atoms with Crippen LogP contribution < -0.4 is 10.2 Å². The van der Waals surface area contributed by atoms with Crippen LogP contribution in [0.4, 0.5) is 11.4 Å². The minimum atomic E-state index is -0.761. The molecule has 1 aliphatic carbocycles. The molecule has 0 unspecified atom stereocenters. The number of imide groups is 1. The van der Waals surface area contributed by atoms with Crippen LogP contribution in [0.2, 0.25) is 0 Å². The highest BCUT2D eigenvalue weighted by atomic mass is 16.5. The number of benzene rings is 3. The molecule has 3 aromatic rings. The van der Waals surface area contributed by atoms with E-state index in [4.69, 9.17) is 9.47 Å². The number of fused-ring (bicyclic) bond motifs is 1. The van der Waals surface area contributed by atoms with Crippen molar-refractivity contribution in [1.82, 2.24) is 0 Å². The Morgan fingerprint density at radius 1 is 0.814 bits per heavy atom. The second-order valence-electron chi connectivity index (χ2n) is 10.9. The van der Waals surface area contributed by atoms with Crippen LogP contribution >= 0.6 is 0 Å². The highest BCUT2D eigenvalue weighted by Gasteiger charge is 2.50. The summed E-state index contributed by atoms with van der Waals surface area (Å²) in [7, 11) is 0. The lowest BCUT2D eigenvalue weighted by molar-refractivity contribution is -0.122. The van der Waals surface area contributed by atoms with Gasteiger partial charge >= 0.3 is 11.9 Å². The molecule has 3 aromatic carbocycles. The molecule has 9 nitrogen and oxygen atoms in total. The number of nitrogens with zero attached hydrogens (tertiary/aromatic N) is 1. The Bertz CT molecular complexity index is 1500. The van der Waals surface area contributed by atoms with Gasteiger partial charge in [0, 0.05) is 5.69 Å². The maximum atomic E-state index is 13.4. The van der Waals surface area contributed by atoms with Gasteiger partial charge in [0.05, 0.1) is 35.3 Å². The molecule has 0 bridgehead atoms. The third-order valence-corrected chi connectivity index (χ3v) is 8.01. The topological polar surface area (TPSA) is 119 Å². The van der Waals surface area contributed by atoms with E-state index in [1.165, 1.54) is 22.6 Å². The number of anilines is 2. The van der Waals surface area contributed by atoms with Crippen LogP contribution in [0.25, 0.3) is 0 Å². The second-order valence-corrected chi connectivity index (χ2v) is 10.9. The minimum Gasteiger partial charge on any atom is -0.462 e. The van der Waals surface area contributed by atoms with Crippen molar-refractivity contribution in [2.45, 2.75) is 44.9 Å². The second kappa shape index (κ2) is 13.5. The number of hydrogen-bond donors (Lipinski definition) is 1. The minimum absolute atomic E-state index is 0.119. The molecule has 1 saturated carbocycles. The van der Waals surface area contributed by atoms with Crippen LogP contribution in [-0.4, -0.2) is 42.9 Å². The molecule has 2 aliphatic rings. The number of amides is 3. The zero-order chi connectivity index (χ0) is 30.3. The fourth-order valence-electron chi connectivity index (χ4n) is 5.73. The molecule has 222 valence electrons. The van der Waals surface area contributed by atoms with Gasteiger partial charge in [-0.1, -0.05) is 49.7 Å². The van der Waals surface area contributed by atoms with E-state index in [1.54, 1.807) is 36.4 Å². The Hall–Kier alpha value is -4.79. The number of rotatable bonds is 10. The highest BCUT2D eigenvalue weighted by molar-refractivity contribution is 6.22. The van der Waals surface area contributed by atoms with Crippen LogP contribution in [0, 0.1) is 11.8 Å². The number of carbonyl (C=O) groups excluding carboxylic acids is 5. The van der Waals surface area contributed by atoms with Crippen LogP contribution in [0.5, 0.6) is 0 Å². The fourth-order valence-corrected chi connectivity index (χ4v) is 5.73. The van der Waals surface area contributed by atoms with Gasteiger partial charge in [-0.3, -0.25) is 19.3 Å². The van der Waals surface area contributed by atoms with Crippen molar-refractivity contribution in [2.24, 2.45) is 11.8 Å². The molecule has 3 amide bonds. The SMILES string of the molecule is CCCCOC(=O)c1ccc(NC(=O)COC(=O)c2cccc(N3C(=O)[C@H]4C[C@H](c5ccccc5)CC[C@H]4C3=O)c2)cc1. The van der Waals surface area contributed by atoms with Gasteiger partial charge in [-0.2, -0.15) is 0 Å². The van der Waals surface area contributed by atoms with Gasteiger partial charge in [-0.25, -0.2) is 9.59 Å². The Labute approximate surface area is 250 Å². The standard InChI is InChI=1S/C34H34N2O7/c1-2-3-18-42-33(40)23-12-15-26(16-13-23)35-30(37)21-43-34(41)25-10-7-11-27(19-25)36-31(38)28-17-14-24(20-29(28)32(36)39)22-8-5-4-6-9-22/h4-13,15-16,19,24,28-29H,2-3,14,17-18,20-21H2,1H3,(H,35,37)/t24-,28-,29+/m1/s1. The van der Waals surface area contributed by atoms with Gasteiger partial charge in [-0.05, 0) is 79.6 Å². The average Bonchev–Trinajstić information content (AvgIpc) is 3.29. The van der Waals surface area contributed by atoms with Gasteiger partial charge in [0.1, 0.15) is 0 Å². The average molecular weight is 583 g/mol. The Balaban J connectivity index is 1.16. The molecular formula is C34H34N2O7. The number of hydrogen-bond acceptors (Lipinski definition) is 7. The van der Waals surface area contributed by atoms with E-state index in [1.807, 2.05) is 25.1 Å². The molecule has 1 heterocycles. The van der Waals surface area contributed by atoms with Crippen molar-refractivity contribution >= 4 is 41.0 Å². The van der Waals surface area contributed by atoms with Crippen molar-refractivity contribution in [3.63, 3.8) is 0 Å². The van der Waals surface area contributed by atoms with Gasteiger partial charge in [0.25, 0.3) is 5.91 Å². The quantitative estimate of drug-likeness (QED) is 0.190. The lowest BCUT2D eigenvalue weighted by Crippen LogP contribution is -2.31. The van der Waals surface area contributed by atoms with Crippen molar-refractivity contribution in [3.8, 4) is 0 Å². The van der Waals surface area contributed by atoms with E-state index in [2.05, 4.69) is 17.4 Å². The number of carbonyl (C=O) groups is 5. The molecule has 0 aromatic heterocycles. The molecule has 1 aliphatic heterocycles. The number of unbranched alkanes of at least 4 members (excludes halogenated alkanes) is 1. The van der Waals surface area contributed by atoms with Crippen molar-refractivity contribution in [2.75, 3.05) is 23.4 Å². The maximum absolute atomic E-state index is 13.4. The molecule has 0 spiro atoms. The van der Waals surface area contributed by atoms with Crippen LogP contribution in [0.1, 0.15) is 71.2 Å². The van der Waals surface area contributed by atoms with E-state index in [9.17, 15) is 24.0 Å². The first kappa shape index (κ1) is 29.7. The zero-order valence-electron chi connectivity index (χ0n) is 24.0. The summed E-state index contributed by atoms with van der Waals surface area (Å²) in [5.74, 6) is -2.80. The van der Waals surface area contributed by atoms with Gasteiger partial charge in [0.2, 0.25) is 11.8 Å². The van der Waals surface area contributed by atoms with E-state index in [-0.39, 0.29) is 29.2 Å². The third kappa shape index (κ3) is 6.83. The van der Waals surface area contributed by atoms with Crippen molar-refractivity contribution < 1.29 is 33.4 Å². The lowest BCUT2D eigenvalue weighted by Gasteiger charge is -2.28. The molecular weight excluding hydrogens is 548 g/mol. The predicted molar refractivity (Wildman–Crippen MR) is 159 cm³/mol. The molecule has 0 radical (unpaired) electrons. The molecule has 5 rings (SSSR count). The van der Waals surface area contributed by atoms with Gasteiger partial charge < -0.3 is 14.8 Å². The van der Waals surface area contributed by atoms with E-state index in [0.29, 0.717) is 36.4 Å². The van der Waals surface area contributed by atoms with E-state index < -0.39 is 30.4 Å². The molecule has 2 fully saturated rings. The number of nitrogens with one attached hydrogen (secondary N) is 1. The summed E-state index contributed by atoms with van der Waals surface area (Å²) in [6.07, 6.45) is 3.78. The van der Waals surface area contributed by atoms with Crippen LogP contribution in [-0.2, 0) is 23.9 Å². The summed E-state index contributed by atoms with van der Waals surface area (Å²) in [5.41, 5.74) is 2.40. The Morgan fingerprint density at radius 3 is 2.28 bits per heavy atom. The summed E-state index contributed by atoms with van der Waals surface area (Å²) in [6.45, 7) is 1.81. The number of esters is 2. The summed E-state index contributed by atoms with van der Waals surface area (Å²) >= 11 is 0.